The van der Waals surface area contributed by atoms with E-state index in [0.717, 1.165) is 12.8 Å². The largest absolute Gasteiger partial charge is 0.325 e. The fourth-order valence-corrected chi connectivity index (χ4v) is 2.81. The standard InChI is InChI=1S/C12H27N.ClH/c1-6-11(7-2,8-3)12(13,9-4)10-5;/h6-10,13H2,1-5H3;1H. The van der Waals surface area contributed by atoms with Crippen LogP contribution in [0.1, 0.15) is 66.7 Å². The van der Waals surface area contributed by atoms with E-state index < -0.39 is 0 Å². The number of hydrogen-bond acceptors (Lipinski definition) is 1. The van der Waals surface area contributed by atoms with Gasteiger partial charge in [-0.05, 0) is 37.5 Å². The molecular weight excluding hydrogens is 194 g/mol. The molecule has 0 bridgehead atoms. The number of nitrogens with two attached hydrogens (primary N) is 1. The summed E-state index contributed by atoms with van der Waals surface area (Å²) >= 11 is 0. The molecule has 0 aliphatic heterocycles. The van der Waals surface area contributed by atoms with Gasteiger partial charge in [0.05, 0.1) is 0 Å². The highest BCUT2D eigenvalue weighted by Crippen LogP contribution is 2.43. The van der Waals surface area contributed by atoms with Crippen LogP contribution in [0, 0.1) is 5.41 Å². The molecule has 0 fully saturated rings. The van der Waals surface area contributed by atoms with Crippen LogP contribution >= 0.6 is 12.4 Å². The van der Waals surface area contributed by atoms with Gasteiger partial charge in [-0.2, -0.15) is 0 Å². The molecule has 0 aliphatic rings. The average Bonchev–Trinajstić information content (AvgIpc) is 2.20. The summed E-state index contributed by atoms with van der Waals surface area (Å²) in [5.41, 5.74) is 6.91. The van der Waals surface area contributed by atoms with Crippen LogP contribution in [-0.4, -0.2) is 5.54 Å². The van der Waals surface area contributed by atoms with Crippen molar-refractivity contribution in [1.82, 2.24) is 0 Å². The summed E-state index contributed by atoms with van der Waals surface area (Å²) in [6.07, 6.45) is 5.81. The molecule has 0 aromatic heterocycles. The molecule has 2 N–H and O–H groups in total. The van der Waals surface area contributed by atoms with Crippen LogP contribution < -0.4 is 5.73 Å². The van der Waals surface area contributed by atoms with Gasteiger partial charge in [0.25, 0.3) is 0 Å². The first-order valence-electron chi connectivity index (χ1n) is 5.84. The van der Waals surface area contributed by atoms with E-state index in [1.165, 1.54) is 19.3 Å². The minimum absolute atomic E-state index is 0. The third kappa shape index (κ3) is 2.64. The highest BCUT2D eigenvalue weighted by molar-refractivity contribution is 5.85. The van der Waals surface area contributed by atoms with Crippen LogP contribution in [0.3, 0.4) is 0 Å². The van der Waals surface area contributed by atoms with E-state index in [0.29, 0.717) is 5.41 Å². The summed E-state index contributed by atoms with van der Waals surface area (Å²) in [6, 6.07) is 0. The predicted octanol–water partition coefficient (Wildman–Crippen LogP) is 4.14. The van der Waals surface area contributed by atoms with Gasteiger partial charge in [-0.25, -0.2) is 0 Å². The monoisotopic (exact) mass is 221 g/mol. The first-order chi connectivity index (χ1) is 6.05. The van der Waals surface area contributed by atoms with Gasteiger partial charge >= 0.3 is 0 Å². The molecule has 0 aromatic rings. The van der Waals surface area contributed by atoms with Crippen LogP contribution in [-0.2, 0) is 0 Å². The predicted molar refractivity (Wildman–Crippen MR) is 68.1 cm³/mol. The Hall–Kier alpha value is 0.250. The van der Waals surface area contributed by atoms with Crippen LogP contribution in [0.4, 0.5) is 0 Å². The van der Waals surface area contributed by atoms with Crippen molar-refractivity contribution in [1.29, 1.82) is 0 Å². The summed E-state index contributed by atoms with van der Waals surface area (Å²) in [4.78, 5) is 0. The van der Waals surface area contributed by atoms with E-state index in [4.69, 9.17) is 5.73 Å². The molecule has 14 heavy (non-hydrogen) atoms. The van der Waals surface area contributed by atoms with Crippen LogP contribution in [0.2, 0.25) is 0 Å². The van der Waals surface area contributed by atoms with Gasteiger partial charge in [0.2, 0.25) is 0 Å². The molecule has 0 atom stereocenters. The van der Waals surface area contributed by atoms with Crippen molar-refractivity contribution in [3.8, 4) is 0 Å². The smallest absolute Gasteiger partial charge is 0.0205 e. The van der Waals surface area contributed by atoms with E-state index in [2.05, 4.69) is 34.6 Å². The fourth-order valence-electron chi connectivity index (χ4n) is 2.81. The van der Waals surface area contributed by atoms with Gasteiger partial charge in [-0.15, -0.1) is 12.4 Å². The Labute approximate surface area is 96.2 Å². The lowest BCUT2D eigenvalue weighted by atomic mass is 9.62. The zero-order valence-corrected chi connectivity index (χ0v) is 11.3. The van der Waals surface area contributed by atoms with Gasteiger partial charge in [-0.1, -0.05) is 34.6 Å². The van der Waals surface area contributed by atoms with E-state index in [1.54, 1.807) is 0 Å². The lowest BCUT2D eigenvalue weighted by Gasteiger charge is -2.47. The van der Waals surface area contributed by atoms with Crippen LogP contribution in [0.25, 0.3) is 0 Å². The quantitative estimate of drug-likeness (QED) is 0.717. The van der Waals surface area contributed by atoms with E-state index in [1.807, 2.05) is 0 Å². The highest BCUT2D eigenvalue weighted by atomic mass is 35.5. The maximum atomic E-state index is 6.51. The zero-order chi connectivity index (χ0) is 10.5. The number of halogens is 1. The molecule has 0 amide bonds. The van der Waals surface area contributed by atoms with Crippen molar-refractivity contribution >= 4 is 12.4 Å². The molecule has 0 spiro atoms. The molecule has 0 aliphatic carbocycles. The summed E-state index contributed by atoms with van der Waals surface area (Å²) < 4.78 is 0. The van der Waals surface area contributed by atoms with Gasteiger partial charge in [-0.3, -0.25) is 0 Å². The highest BCUT2D eigenvalue weighted by Gasteiger charge is 2.41. The summed E-state index contributed by atoms with van der Waals surface area (Å²) in [5, 5.41) is 0. The minimum Gasteiger partial charge on any atom is -0.325 e. The van der Waals surface area contributed by atoms with Crippen molar-refractivity contribution in [3.05, 3.63) is 0 Å². The van der Waals surface area contributed by atoms with Crippen molar-refractivity contribution in [2.45, 2.75) is 72.3 Å². The van der Waals surface area contributed by atoms with Gasteiger partial charge < -0.3 is 5.73 Å². The Balaban J connectivity index is 0. The summed E-state index contributed by atoms with van der Waals surface area (Å²) in [6.45, 7) is 11.3. The SMILES string of the molecule is CCC(N)(CC)C(CC)(CC)CC.Cl. The van der Waals surface area contributed by atoms with Crippen molar-refractivity contribution in [2.24, 2.45) is 11.1 Å². The molecule has 0 saturated heterocycles. The summed E-state index contributed by atoms with van der Waals surface area (Å²) in [7, 11) is 0. The van der Waals surface area contributed by atoms with Gasteiger partial charge in [0.15, 0.2) is 0 Å². The van der Waals surface area contributed by atoms with Crippen molar-refractivity contribution in [2.75, 3.05) is 0 Å². The van der Waals surface area contributed by atoms with Gasteiger partial charge in [0.1, 0.15) is 0 Å². The van der Waals surface area contributed by atoms with E-state index >= 15 is 0 Å². The normalized spacial score (nSPS) is 12.4. The maximum Gasteiger partial charge on any atom is 0.0205 e. The Morgan fingerprint density at radius 3 is 1.07 bits per heavy atom. The first kappa shape index (κ1) is 16.7. The Bertz CT molecular complexity index is 129. The molecular formula is C12H28ClN. The summed E-state index contributed by atoms with van der Waals surface area (Å²) in [5.74, 6) is 0. The third-order valence-corrected chi connectivity index (χ3v) is 4.35. The molecule has 0 heterocycles. The van der Waals surface area contributed by atoms with Crippen molar-refractivity contribution < 1.29 is 0 Å². The Morgan fingerprint density at radius 1 is 0.714 bits per heavy atom. The minimum atomic E-state index is 0. The second kappa shape index (κ2) is 6.68. The Morgan fingerprint density at radius 2 is 1.00 bits per heavy atom. The molecule has 2 heteroatoms. The van der Waals surface area contributed by atoms with Gasteiger partial charge in [0, 0.05) is 5.54 Å². The van der Waals surface area contributed by atoms with Crippen LogP contribution in [0.15, 0.2) is 0 Å². The molecule has 1 nitrogen and oxygen atoms in total. The molecule has 0 saturated carbocycles. The lowest BCUT2D eigenvalue weighted by molar-refractivity contribution is 0.0897. The molecule has 0 radical (unpaired) electrons. The molecule has 0 aromatic carbocycles. The first-order valence-corrected chi connectivity index (χ1v) is 5.84. The van der Waals surface area contributed by atoms with E-state index in [-0.39, 0.29) is 17.9 Å². The van der Waals surface area contributed by atoms with E-state index in [9.17, 15) is 0 Å². The second-order valence-corrected chi connectivity index (χ2v) is 4.20. The number of hydrogen-bond donors (Lipinski definition) is 1. The fraction of sp³-hybridized carbons (Fsp3) is 1.00. The third-order valence-electron chi connectivity index (χ3n) is 4.35. The molecule has 0 unspecified atom stereocenters. The zero-order valence-electron chi connectivity index (χ0n) is 10.5. The topological polar surface area (TPSA) is 26.0 Å². The average molecular weight is 222 g/mol. The molecule has 0 rings (SSSR count). The molecule has 88 valence electrons. The Kier molecular flexibility index (Phi) is 7.96. The maximum absolute atomic E-state index is 6.51. The van der Waals surface area contributed by atoms with Crippen molar-refractivity contribution in [3.63, 3.8) is 0 Å². The lowest BCUT2D eigenvalue weighted by Crippen LogP contribution is -2.54. The second-order valence-electron chi connectivity index (χ2n) is 4.20. The number of rotatable bonds is 6. The van der Waals surface area contributed by atoms with Crippen LogP contribution in [0.5, 0.6) is 0 Å².